The minimum Gasteiger partial charge on any atom is -0.484 e. The van der Waals surface area contributed by atoms with E-state index in [-0.39, 0.29) is 30.3 Å². The number of fused-ring (bicyclic) bond motifs is 1. The summed E-state index contributed by atoms with van der Waals surface area (Å²) in [7, 11) is 0. The second-order valence-corrected chi connectivity index (χ2v) is 9.69. The number of likely N-dealkylation sites (tertiary alicyclic amines) is 1. The summed E-state index contributed by atoms with van der Waals surface area (Å²) in [5.74, 6) is 0.345. The summed E-state index contributed by atoms with van der Waals surface area (Å²) < 4.78 is 19.5. The number of carbonyl (C=O) groups excluding carboxylic acids is 2. The van der Waals surface area contributed by atoms with Crippen molar-refractivity contribution in [1.29, 1.82) is 0 Å². The van der Waals surface area contributed by atoms with E-state index in [4.69, 9.17) is 4.74 Å². The van der Waals surface area contributed by atoms with Crippen LogP contribution >= 0.6 is 0 Å². The Balaban J connectivity index is 1.65. The molecule has 4 rings (SSSR count). The minimum atomic E-state index is -0.536. The van der Waals surface area contributed by atoms with Gasteiger partial charge in [0.2, 0.25) is 5.91 Å². The van der Waals surface area contributed by atoms with Gasteiger partial charge in [-0.15, -0.1) is 0 Å². The molecule has 0 spiro atoms. The topological polar surface area (TPSA) is 49.9 Å². The monoisotopic (exact) mass is 438 g/mol. The molecule has 2 amide bonds. The molecule has 170 valence electrons. The Labute approximate surface area is 189 Å². The van der Waals surface area contributed by atoms with Crippen LogP contribution in [0, 0.1) is 11.2 Å². The minimum absolute atomic E-state index is 0.000146. The molecule has 0 saturated carbocycles. The molecule has 0 aromatic heterocycles. The maximum Gasteiger partial charge on any atom is 0.260 e. The van der Waals surface area contributed by atoms with Crippen LogP contribution in [-0.4, -0.2) is 47.9 Å². The summed E-state index contributed by atoms with van der Waals surface area (Å²) >= 11 is 0. The zero-order valence-electron chi connectivity index (χ0n) is 19.1. The molecule has 1 saturated heterocycles. The highest BCUT2D eigenvalue weighted by Gasteiger charge is 2.37. The van der Waals surface area contributed by atoms with Gasteiger partial charge in [0.05, 0.1) is 6.04 Å². The van der Waals surface area contributed by atoms with Crippen molar-refractivity contribution < 1.29 is 18.7 Å². The first-order valence-corrected chi connectivity index (χ1v) is 11.3. The van der Waals surface area contributed by atoms with Crippen molar-refractivity contribution in [2.45, 2.75) is 46.1 Å². The summed E-state index contributed by atoms with van der Waals surface area (Å²) in [5.41, 5.74) is 2.42. The maximum atomic E-state index is 13.6. The number of rotatable bonds is 4. The fourth-order valence-electron chi connectivity index (χ4n) is 4.54. The van der Waals surface area contributed by atoms with Crippen molar-refractivity contribution in [3.05, 3.63) is 65.0 Å². The molecule has 1 atom stereocenters. The Morgan fingerprint density at radius 2 is 1.72 bits per heavy atom. The molecule has 2 aliphatic heterocycles. The molecule has 0 radical (unpaired) electrons. The van der Waals surface area contributed by atoms with E-state index in [0.717, 1.165) is 49.0 Å². The number of halogens is 1. The summed E-state index contributed by atoms with van der Waals surface area (Å²) in [6, 6.07) is 11.8. The highest BCUT2D eigenvalue weighted by atomic mass is 19.1. The van der Waals surface area contributed by atoms with E-state index >= 15 is 0 Å². The first-order chi connectivity index (χ1) is 15.2. The van der Waals surface area contributed by atoms with Crippen LogP contribution in [0.2, 0.25) is 0 Å². The summed E-state index contributed by atoms with van der Waals surface area (Å²) in [5, 5.41) is 0. The van der Waals surface area contributed by atoms with Crippen molar-refractivity contribution in [2.24, 2.45) is 5.41 Å². The van der Waals surface area contributed by atoms with Gasteiger partial charge in [0, 0.05) is 25.0 Å². The number of hydrogen-bond donors (Lipinski definition) is 0. The van der Waals surface area contributed by atoms with Gasteiger partial charge < -0.3 is 14.5 Å². The lowest BCUT2D eigenvalue weighted by molar-refractivity contribution is -0.141. The Hall–Kier alpha value is -2.89. The summed E-state index contributed by atoms with van der Waals surface area (Å²) in [6.07, 6.45) is 2.82. The van der Waals surface area contributed by atoms with Crippen molar-refractivity contribution >= 4 is 11.8 Å². The molecule has 6 heteroatoms. The van der Waals surface area contributed by atoms with Crippen LogP contribution in [-0.2, 0) is 16.0 Å². The highest BCUT2D eigenvalue weighted by molar-refractivity contribution is 5.83. The van der Waals surface area contributed by atoms with Crippen molar-refractivity contribution in [1.82, 2.24) is 9.80 Å². The standard InChI is InChI=1S/C26H31FN2O3/c1-26(2,3)25(31)29-15-12-18-8-11-21(32-17-23(30)28-13-4-5-14-28)16-22(18)24(29)19-6-9-20(27)10-7-19/h6-11,16,24H,4-5,12-15,17H2,1-3H3. The van der Waals surface area contributed by atoms with Gasteiger partial charge in [0.1, 0.15) is 11.6 Å². The molecule has 2 aromatic rings. The third-order valence-electron chi connectivity index (χ3n) is 6.25. The molecule has 0 N–H and O–H groups in total. The number of nitrogens with zero attached hydrogens (tertiary/aromatic N) is 2. The van der Waals surface area contributed by atoms with E-state index < -0.39 is 5.41 Å². The maximum absolute atomic E-state index is 13.6. The van der Waals surface area contributed by atoms with Crippen LogP contribution in [0.3, 0.4) is 0 Å². The number of amides is 2. The predicted molar refractivity (Wildman–Crippen MR) is 121 cm³/mol. The molecular weight excluding hydrogens is 407 g/mol. The third-order valence-corrected chi connectivity index (χ3v) is 6.25. The molecule has 1 fully saturated rings. The molecule has 2 aliphatic rings. The van der Waals surface area contributed by atoms with Gasteiger partial charge in [-0.05, 0) is 60.2 Å². The van der Waals surface area contributed by atoms with Crippen LogP contribution < -0.4 is 4.74 Å². The Morgan fingerprint density at radius 1 is 1.03 bits per heavy atom. The molecule has 1 unspecified atom stereocenters. The molecule has 2 heterocycles. The van der Waals surface area contributed by atoms with E-state index in [0.29, 0.717) is 12.3 Å². The lowest BCUT2D eigenvalue weighted by Gasteiger charge is -2.41. The molecule has 5 nitrogen and oxygen atoms in total. The average molecular weight is 439 g/mol. The van der Waals surface area contributed by atoms with Gasteiger partial charge in [0.15, 0.2) is 6.61 Å². The molecular formula is C26H31FN2O3. The summed E-state index contributed by atoms with van der Waals surface area (Å²) in [4.78, 5) is 29.4. The Bertz CT molecular complexity index is 991. The van der Waals surface area contributed by atoms with E-state index in [1.807, 2.05) is 48.8 Å². The second kappa shape index (κ2) is 8.93. The molecule has 2 aromatic carbocycles. The fourth-order valence-corrected chi connectivity index (χ4v) is 4.54. The number of ether oxygens (including phenoxy) is 1. The molecule has 0 bridgehead atoms. The number of hydrogen-bond acceptors (Lipinski definition) is 3. The Kier molecular flexibility index (Phi) is 6.22. The van der Waals surface area contributed by atoms with Crippen LogP contribution in [0.1, 0.15) is 56.3 Å². The third kappa shape index (κ3) is 4.64. The van der Waals surface area contributed by atoms with Gasteiger partial charge in [-0.2, -0.15) is 0 Å². The van der Waals surface area contributed by atoms with E-state index in [1.54, 1.807) is 12.1 Å². The lowest BCUT2D eigenvalue weighted by Crippen LogP contribution is -2.45. The highest BCUT2D eigenvalue weighted by Crippen LogP contribution is 2.39. The van der Waals surface area contributed by atoms with Gasteiger partial charge in [-0.1, -0.05) is 39.0 Å². The fraction of sp³-hybridized carbons (Fsp3) is 0.462. The first kappa shape index (κ1) is 22.3. The summed E-state index contributed by atoms with van der Waals surface area (Å²) in [6.45, 7) is 7.93. The van der Waals surface area contributed by atoms with Crippen LogP contribution in [0.25, 0.3) is 0 Å². The van der Waals surface area contributed by atoms with Crippen LogP contribution in [0.4, 0.5) is 4.39 Å². The van der Waals surface area contributed by atoms with Gasteiger partial charge in [-0.3, -0.25) is 9.59 Å². The van der Waals surface area contributed by atoms with Gasteiger partial charge >= 0.3 is 0 Å². The van der Waals surface area contributed by atoms with Crippen molar-refractivity contribution in [2.75, 3.05) is 26.2 Å². The molecule has 32 heavy (non-hydrogen) atoms. The normalized spacial score (nSPS) is 18.4. The second-order valence-electron chi connectivity index (χ2n) is 9.69. The average Bonchev–Trinajstić information content (AvgIpc) is 3.31. The van der Waals surface area contributed by atoms with E-state index in [1.165, 1.54) is 12.1 Å². The molecule has 0 aliphatic carbocycles. The lowest BCUT2D eigenvalue weighted by atomic mass is 9.85. The van der Waals surface area contributed by atoms with Crippen molar-refractivity contribution in [3.63, 3.8) is 0 Å². The van der Waals surface area contributed by atoms with E-state index in [2.05, 4.69) is 0 Å². The zero-order chi connectivity index (χ0) is 22.9. The quantitative estimate of drug-likeness (QED) is 0.713. The van der Waals surface area contributed by atoms with Gasteiger partial charge in [-0.25, -0.2) is 4.39 Å². The van der Waals surface area contributed by atoms with Crippen LogP contribution in [0.15, 0.2) is 42.5 Å². The SMILES string of the molecule is CC(C)(C)C(=O)N1CCc2ccc(OCC(=O)N3CCCC3)cc2C1c1ccc(F)cc1. The first-order valence-electron chi connectivity index (χ1n) is 11.3. The zero-order valence-corrected chi connectivity index (χ0v) is 19.1. The van der Waals surface area contributed by atoms with Gasteiger partial charge in [0.25, 0.3) is 5.91 Å². The largest absolute Gasteiger partial charge is 0.484 e. The number of carbonyl (C=O) groups is 2. The smallest absolute Gasteiger partial charge is 0.260 e. The predicted octanol–water partition coefficient (Wildman–Crippen LogP) is 4.35. The number of benzene rings is 2. The van der Waals surface area contributed by atoms with E-state index in [9.17, 15) is 14.0 Å². The van der Waals surface area contributed by atoms with Crippen LogP contribution in [0.5, 0.6) is 5.75 Å². The Morgan fingerprint density at radius 3 is 2.38 bits per heavy atom. The van der Waals surface area contributed by atoms with Crippen molar-refractivity contribution in [3.8, 4) is 5.75 Å².